The monoisotopic (exact) mass is 757 g/mol. The van der Waals surface area contributed by atoms with Gasteiger partial charge in [-0.3, -0.25) is 4.57 Å². The van der Waals surface area contributed by atoms with Crippen molar-refractivity contribution in [2.24, 2.45) is 0 Å². The van der Waals surface area contributed by atoms with E-state index < -0.39 is 8.07 Å². The van der Waals surface area contributed by atoms with Crippen LogP contribution in [0.4, 0.5) is 0 Å². The number of pyridine rings is 1. The smallest absolute Gasteiger partial charge is 0.179 e. The summed E-state index contributed by atoms with van der Waals surface area (Å²) in [5.41, 5.74) is 8.45. The van der Waals surface area contributed by atoms with Gasteiger partial charge >= 0.3 is 0 Å². The Morgan fingerprint density at radius 3 is 1.74 bits per heavy atom. The van der Waals surface area contributed by atoms with E-state index in [1.54, 1.807) is 0 Å². The molecule has 8 aromatic carbocycles. The van der Waals surface area contributed by atoms with E-state index in [0.29, 0.717) is 0 Å². The minimum absolute atomic E-state index is 0.910. The van der Waals surface area contributed by atoms with E-state index in [1.165, 1.54) is 31.5 Å². The fourth-order valence-corrected chi connectivity index (χ4v) is 14.4. The molecule has 0 amide bonds. The van der Waals surface area contributed by atoms with Gasteiger partial charge in [0.05, 0.1) is 21.9 Å². The molecule has 0 aliphatic rings. The average Bonchev–Trinajstić information content (AvgIpc) is 3.96. The van der Waals surface area contributed by atoms with Gasteiger partial charge in [-0.1, -0.05) is 140 Å². The molecule has 0 unspecified atom stereocenters. The summed E-state index contributed by atoms with van der Waals surface area (Å²) < 4.78 is 11.3. The number of hydrogen-bond acceptors (Lipinski definition) is 2. The van der Waals surface area contributed by atoms with E-state index in [2.05, 4.69) is 203 Å². The Bertz CT molecular complexity index is 3420. The molecule has 0 fully saturated rings. The number of hydrogen-bond donors (Lipinski definition) is 0. The minimum atomic E-state index is -2.91. The van der Waals surface area contributed by atoms with E-state index in [4.69, 9.17) is 9.40 Å². The molecule has 4 aromatic heterocycles. The first kappa shape index (κ1) is 32.7. The van der Waals surface area contributed by atoms with Crippen molar-refractivity contribution in [1.82, 2.24) is 14.1 Å². The van der Waals surface area contributed by atoms with Crippen molar-refractivity contribution >= 4 is 94.5 Å². The Morgan fingerprint density at radius 1 is 0.379 bits per heavy atom. The molecule has 0 saturated carbocycles. The number of nitrogens with zero attached hydrogens (tertiary/aromatic N) is 3. The van der Waals surface area contributed by atoms with E-state index in [9.17, 15) is 0 Å². The standard InChI is InChI=1S/C53H35N3OSi/c1-3-16-38(17-4-1)58(39-18-5-2-6-19-39,41-20-13-15-37(35-41)56-47-25-10-7-21-42(47)45-24-14-34-54-53(45)56)40-30-28-36(29-31-40)55-48-26-11-8-23-46(48)51-49(55)33-32-44-43-22-9-12-27-50(43)57-52(44)51/h1-35H. The summed E-state index contributed by atoms with van der Waals surface area (Å²) in [7, 11) is -2.91. The molecule has 272 valence electrons. The highest BCUT2D eigenvalue weighted by Gasteiger charge is 2.41. The molecule has 0 spiro atoms. The van der Waals surface area contributed by atoms with Crippen LogP contribution in [0, 0.1) is 0 Å². The average molecular weight is 758 g/mol. The van der Waals surface area contributed by atoms with Crippen molar-refractivity contribution in [3.8, 4) is 11.4 Å². The first-order valence-electron chi connectivity index (χ1n) is 19.8. The molecule has 4 heterocycles. The maximum absolute atomic E-state index is 6.60. The molecule has 4 nitrogen and oxygen atoms in total. The van der Waals surface area contributed by atoms with Crippen molar-refractivity contribution in [3.05, 3.63) is 212 Å². The van der Waals surface area contributed by atoms with Gasteiger partial charge in [-0.25, -0.2) is 4.98 Å². The first-order chi connectivity index (χ1) is 28.8. The van der Waals surface area contributed by atoms with Gasteiger partial charge in [-0.15, -0.1) is 0 Å². The third-order valence-electron chi connectivity index (χ3n) is 12.1. The van der Waals surface area contributed by atoms with Gasteiger partial charge in [-0.2, -0.15) is 0 Å². The number of furan rings is 1. The van der Waals surface area contributed by atoms with Gasteiger partial charge in [0.2, 0.25) is 0 Å². The predicted molar refractivity (Wildman–Crippen MR) is 244 cm³/mol. The fourth-order valence-electron chi connectivity index (χ4n) is 9.69. The molecule has 12 aromatic rings. The van der Waals surface area contributed by atoms with Gasteiger partial charge in [0.25, 0.3) is 0 Å². The van der Waals surface area contributed by atoms with E-state index in [-0.39, 0.29) is 0 Å². The molecule has 12 rings (SSSR count). The number of benzene rings is 8. The van der Waals surface area contributed by atoms with Crippen LogP contribution >= 0.6 is 0 Å². The Morgan fingerprint density at radius 2 is 0.983 bits per heavy atom. The Hall–Kier alpha value is -7.47. The second-order valence-corrected chi connectivity index (χ2v) is 18.9. The summed E-state index contributed by atoms with van der Waals surface area (Å²) in [6.45, 7) is 0. The molecule has 0 atom stereocenters. The summed E-state index contributed by atoms with van der Waals surface area (Å²) >= 11 is 0. The fraction of sp³-hybridized carbons (Fsp3) is 0. The lowest BCUT2D eigenvalue weighted by atomic mass is 10.1. The number of aromatic nitrogens is 3. The SMILES string of the molecule is c1ccc([Si](c2ccccc2)(c2ccc(-n3c4ccccc4c4c5oc6ccccc6c5ccc43)cc2)c2cccc(-n3c4ccccc4c4cccnc43)c2)cc1. The van der Waals surface area contributed by atoms with Crippen LogP contribution in [0.5, 0.6) is 0 Å². The highest BCUT2D eigenvalue weighted by atomic mass is 28.3. The van der Waals surface area contributed by atoms with Crippen LogP contribution in [0.1, 0.15) is 0 Å². The Labute approximate surface area is 335 Å². The van der Waals surface area contributed by atoms with Crippen LogP contribution in [0.3, 0.4) is 0 Å². The van der Waals surface area contributed by atoms with Gasteiger partial charge in [0.15, 0.2) is 8.07 Å². The molecule has 0 aliphatic heterocycles. The third-order valence-corrected chi connectivity index (χ3v) is 16.9. The molecule has 0 N–H and O–H groups in total. The van der Waals surface area contributed by atoms with Gasteiger partial charge in [0.1, 0.15) is 16.8 Å². The topological polar surface area (TPSA) is 35.9 Å². The number of rotatable bonds is 6. The lowest BCUT2D eigenvalue weighted by Gasteiger charge is -2.35. The van der Waals surface area contributed by atoms with Crippen LogP contribution < -0.4 is 20.7 Å². The Kier molecular flexibility index (Phi) is 7.21. The number of fused-ring (bicyclic) bond motifs is 10. The maximum Gasteiger partial charge on any atom is 0.179 e. The van der Waals surface area contributed by atoms with Crippen molar-refractivity contribution in [2.45, 2.75) is 0 Å². The zero-order valence-corrected chi connectivity index (χ0v) is 32.5. The lowest BCUT2D eigenvalue weighted by molar-refractivity contribution is 0.673. The zero-order valence-electron chi connectivity index (χ0n) is 31.5. The normalized spacial score (nSPS) is 12.1. The largest absolute Gasteiger partial charge is 0.455 e. The van der Waals surface area contributed by atoms with Crippen LogP contribution in [0.2, 0.25) is 0 Å². The van der Waals surface area contributed by atoms with Gasteiger partial charge < -0.3 is 8.98 Å². The quantitative estimate of drug-likeness (QED) is 0.125. The summed E-state index contributed by atoms with van der Waals surface area (Å²) in [5.74, 6) is 0. The zero-order chi connectivity index (χ0) is 38.2. The van der Waals surface area contributed by atoms with Crippen LogP contribution in [0.25, 0.3) is 77.1 Å². The maximum atomic E-state index is 6.60. The third kappa shape index (κ3) is 4.65. The summed E-state index contributed by atoms with van der Waals surface area (Å²) in [4.78, 5) is 4.93. The Balaban J connectivity index is 1.10. The predicted octanol–water partition coefficient (Wildman–Crippen LogP) is 10.6. The van der Waals surface area contributed by atoms with E-state index in [0.717, 1.165) is 66.3 Å². The van der Waals surface area contributed by atoms with Crippen LogP contribution in [0.15, 0.2) is 217 Å². The van der Waals surface area contributed by atoms with Crippen molar-refractivity contribution < 1.29 is 4.42 Å². The van der Waals surface area contributed by atoms with Crippen molar-refractivity contribution in [2.75, 3.05) is 0 Å². The highest BCUT2D eigenvalue weighted by molar-refractivity contribution is 7.19. The molecule has 58 heavy (non-hydrogen) atoms. The van der Waals surface area contributed by atoms with Crippen LogP contribution in [-0.2, 0) is 0 Å². The molecular formula is C53H35N3OSi. The summed E-state index contributed by atoms with van der Waals surface area (Å²) in [5, 5.41) is 12.2. The molecule has 5 heteroatoms. The van der Waals surface area contributed by atoms with Crippen molar-refractivity contribution in [3.63, 3.8) is 0 Å². The summed E-state index contributed by atoms with van der Waals surface area (Å²) in [6.07, 6.45) is 1.90. The number of para-hydroxylation sites is 3. The molecule has 0 saturated heterocycles. The van der Waals surface area contributed by atoms with Crippen molar-refractivity contribution in [1.29, 1.82) is 0 Å². The second-order valence-electron chi connectivity index (χ2n) is 15.1. The van der Waals surface area contributed by atoms with E-state index >= 15 is 0 Å². The van der Waals surface area contributed by atoms with E-state index in [1.807, 2.05) is 18.3 Å². The highest BCUT2D eigenvalue weighted by Crippen LogP contribution is 2.40. The van der Waals surface area contributed by atoms with Gasteiger partial charge in [-0.05, 0) is 87.5 Å². The second kappa shape index (κ2) is 12.8. The molecular weight excluding hydrogens is 723 g/mol. The molecule has 0 aliphatic carbocycles. The van der Waals surface area contributed by atoms with Crippen LogP contribution in [-0.4, -0.2) is 22.2 Å². The molecule has 0 bridgehead atoms. The summed E-state index contributed by atoms with van der Waals surface area (Å²) in [6, 6.07) is 75.3. The minimum Gasteiger partial charge on any atom is -0.455 e. The first-order valence-corrected chi connectivity index (χ1v) is 21.8. The lowest BCUT2D eigenvalue weighted by Crippen LogP contribution is -2.74. The van der Waals surface area contributed by atoms with Gasteiger partial charge in [0, 0.05) is 44.5 Å². The molecule has 0 radical (unpaired) electrons.